The molecule has 0 saturated heterocycles. The van der Waals surface area contributed by atoms with E-state index in [1.54, 1.807) is 32.0 Å². The summed E-state index contributed by atoms with van der Waals surface area (Å²) in [5, 5.41) is 0.899. The summed E-state index contributed by atoms with van der Waals surface area (Å²) in [6.07, 6.45) is 0. The Hall–Kier alpha value is -2.77. The van der Waals surface area contributed by atoms with Crippen molar-refractivity contribution in [3.8, 4) is 0 Å². The van der Waals surface area contributed by atoms with E-state index in [1.165, 1.54) is 0 Å². The molecule has 0 fully saturated rings. The highest BCUT2D eigenvalue weighted by Gasteiger charge is 2.23. The SMILES string of the molecule is Cc1cc(C)c(C)c(S(=O)(=O)NNC(=O)c2ccc3ccccc3n2)c1C. The average Bonchev–Trinajstić information content (AvgIpc) is 2.64. The average molecular weight is 383 g/mol. The number of sulfonamides is 1. The minimum atomic E-state index is -3.92. The number of para-hydroxylation sites is 1. The predicted molar refractivity (Wildman–Crippen MR) is 105 cm³/mol. The molecule has 3 rings (SSSR count). The molecule has 0 atom stereocenters. The van der Waals surface area contributed by atoms with Crippen molar-refractivity contribution in [1.29, 1.82) is 0 Å². The number of carbonyl (C=O) groups is 1. The monoisotopic (exact) mass is 383 g/mol. The molecule has 0 aliphatic rings. The van der Waals surface area contributed by atoms with Gasteiger partial charge in [0.05, 0.1) is 10.4 Å². The maximum absolute atomic E-state index is 12.8. The van der Waals surface area contributed by atoms with Crippen LogP contribution < -0.4 is 10.3 Å². The summed E-state index contributed by atoms with van der Waals surface area (Å²) in [6, 6.07) is 12.7. The van der Waals surface area contributed by atoms with Crippen molar-refractivity contribution in [2.75, 3.05) is 0 Å². The van der Waals surface area contributed by atoms with Gasteiger partial charge < -0.3 is 0 Å². The van der Waals surface area contributed by atoms with Crippen molar-refractivity contribution in [1.82, 2.24) is 15.2 Å². The second kappa shape index (κ2) is 7.09. The molecule has 1 amide bonds. The molecule has 1 heterocycles. The van der Waals surface area contributed by atoms with Gasteiger partial charge in [-0.25, -0.2) is 13.4 Å². The number of fused-ring (bicyclic) bond motifs is 1. The van der Waals surface area contributed by atoms with Crippen molar-refractivity contribution in [3.63, 3.8) is 0 Å². The second-order valence-corrected chi connectivity index (χ2v) is 8.16. The lowest BCUT2D eigenvalue weighted by atomic mass is 10.0. The summed E-state index contributed by atoms with van der Waals surface area (Å²) < 4.78 is 25.6. The lowest BCUT2D eigenvalue weighted by Crippen LogP contribution is -2.42. The molecule has 0 aliphatic heterocycles. The molecule has 2 N–H and O–H groups in total. The van der Waals surface area contributed by atoms with E-state index in [0.29, 0.717) is 16.6 Å². The quantitative estimate of drug-likeness (QED) is 0.678. The summed E-state index contributed by atoms with van der Waals surface area (Å²) >= 11 is 0. The molecule has 0 radical (unpaired) electrons. The van der Waals surface area contributed by atoms with Crippen LogP contribution in [0.4, 0.5) is 0 Å². The van der Waals surface area contributed by atoms with Crippen LogP contribution >= 0.6 is 0 Å². The minimum absolute atomic E-state index is 0.130. The van der Waals surface area contributed by atoms with Crippen LogP contribution in [0.2, 0.25) is 0 Å². The third-order valence-corrected chi connectivity index (χ3v) is 6.22. The smallest absolute Gasteiger partial charge is 0.272 e. The first-order chi connectivity index (χ1) is 12.7. The van der Waals surface area contributed by atoms with Gasteiger partial charge in [-0.15, -0.1) is 4.83 Å². The van der Waals surface area contributed by atoms with E-state index in [1.807, 2.05) is 38.1 Å². The largest absolute Gasteiger partial charge is 0.284 e. The van der Waals surface area contributed by atoms with Gasteiger partial charge in [-0.3, -0.25) is 10.2 Å². The summed E-state index contributed by atoms with van der Waals surface area (Å²) in [7, 11) is -3.92. The highest BCUT2D eigenvalue weighted by Crippen LogP contribution is 2.25. The van der Waals surface area contributed by atoms with Crippen LogP contribution in [0.15, 0.2) is 47.4 Å². The molecule has 7 heteroatoms. The van der Waals surface area contributed by atoms with Gasteiger partial charge in [0, 0.05) is 5.39 Å². The topological polar surface area (TPSA) is 88.2 Å². The number of hydrazine groups is 1. The highest BCUT2D eigenvalue weighted by molar-refractivity contribution is 7.89. The molecule has 140 valence electrons. The molecule has 1 aromatic heterocycles. The van der Waals surface area contributed by atoms with E-state index in [-0.39, 0.29) is 10.6 Å². The Kier molecular flexibility index (Phi) is 4.99. The van der Waals surface area contributed by atoms with Crippen LogP contribution in [-0.2, 0) is 10.0 Å². The number of carbonyl (C=O) groups excluding carboxylic acids is 1. The molecule has 3 aromatic rings. The molecule has 0 aliphatic carbocycles. The molecule has 0 spiro atoms. The van der Waals surface area contributed by atoms with Crippen LogP contribution in [0, 0.1) is 27.7 Å². The number of nitrogens with one attached hydrogen (secondary N) is 2. The third-order valence-electron chi connectivity index (χ3n) is 4.70. The van der Waals surface area contributed by atoms with Gasteiger partial charge in [0.1, 0.15) is 5.69 Å². The normalized spacial score (nSPS) is 11.6. The van der Waals surface area contributed by atoms with Gasteiger partial charge in [-0.1, -0.05) is 30.3 Å². The Morgan fingerprint density at radius 2 is 1.56 bits per heavy atom. The van der Waals surface area contributed by atoms with E-state index in [9.17, 15) is 13.2 Å². The molecular formula is C20H21N3O3S. The third kappa shape index (κ3) is 3.70. The summed E-state index contributed by atoms with van der Waals surface area (Å²) in [5.41, 5.74) is 6.11. The Balaban J connectivity index is 1.86. The number of nitrogens with zero attached hydrogens (tertiary/aromatic N) is 1. The van der Waals surface area contributed by atoms with E-state index in [0.717, 1.165) is 16.5 Å². The van der Waals surface area contributed by atoms with Crippen molar-refractivity contribution < 1.29 is 13.2 Å². The lowest BCUT2D eigenvalue weighted by Gasteiger charge is -2.16. The number of amides is 1. The van der Waals surface area contributed by atoms with Crippen molar-refractivity contribution in [3.05, 3.63) is 70.4 Å². The fourth-order valence-electron chi connectivity index (χ4n) is 3.00. The van der Waals surface area contributed by atoms with Crippen LogP contribution in [-0.4, -0.2) is 19.3 Å². The zero-order valence-corrected chi connectivity index (χ0v) is 16.4. The fraction of sp³-hybridized carbons (Fsp3) is 0.200. The van der Waals surface area contributed by atoms with E-state index in [4.69, 9.17) is 0 Å². The number of pyridine rings is 1. The molecule has 0 unspecified atom stereocenters. The van der Waals surface area contributed by atoms with E-state index >= 15 is 0 Å². The zero-order chi connectivity index (χ0) is 19.8. The van der Waals surface area contributed by atoms with Crippen molar-refractivity contribution >= 4 is 26.8 Å². The van der Waals surface area contributed by atoms with E-state index in [2.05, 4.69) is 15.2 Å². The molecule has 6 nitrogen and oxygen atoms in total. The highest BCUT2D eigenvalue weighted by atomic mass is 32.2. The van der Waals surface area contributed by atoms with Gasteiger partial charge >= 0.3 is 0 Å². The Morgan fingerprint density at radius 3 is 2.22 bits per heavy atom. The predicted octanol–water partition coefficient (Wildman–Crippen LogP) is 3.09. The molecule has 0 bridgehead atoms. The first-order valence-corrected chi connectivity index (χ1v) is 9.94. The van der Waals surface area contributed by atoms with Gasteiger partial charge in [0.25, 0.3) is 15.9 Å². The van der Waals surface area contributed by atoms with Gasteiger partial charge in [0.2, 0.25) is 0 Å². The number of benzene rings is 2. The number of hydrogen-bond donors (Lipinski definition) is 2. The number of aryl methyl sites for hydroxylation is 2. The summed E-state index contributed by atoms with van der Waals surface area (Å²) in [5.74, 6) is -0.621. The standard InChI is InChI=1S/C20H21N3O3S/c1-12-11-13(2)15(4)19(14(12)3)27(25,26)23-22-20(24)18-10-9-16-7-5-6-8-17(16)21-18/h5-11,23H,1-4H3,(H,22,24). The number of rotatable bonds is 4. The zero-order valence-electron chi connectivity index (χ0n) is 15.6. The molecule has 27 heavy (non-hydrogen) atoms. The van der Waals surface area contributed by atoms with Crippen LogP contribution in [0.5, 0.6) is 0 Å². The number of aromatic nitrogens is 1. The van der Waals surface area contributed by atoms with Gasteiger partial charge in [0.15, 0.2) is 0 Å². The molecular weight excluding hydrogens is 362 g/mol. The maximum atomic E-state index is 12.8. The summed E-state index contributed by atoms with van der Waals surface area (Å²) in [6.45, 7) is 7.23. The number of hydrogen-bond acceptors (Lipinski definition) is 4. The Morgan fingerprint density at radius 1 is 0.926 bits per heavy atom. The van der Waals surface area contributed by atoms with Crippen LogP contribution in [0.3, 0.4) is 0 Å². The van der Waals surface area contributed by atoms with Gasteiger partial charge in [-0.05, 0) is 62.1 Å². The molecule has 0 saturated carbocycles. The van der Waals surface area contributed by atoms with Crippen LogP contribution in [0.1, 0.15) is 32.7 Å². The molecule has 2 aromatic carbocycles. The van der Waals surface area contributed by atoms with E-state index < -0.39 is 15.9 Å². The van der Waals surface area contributed by atoms with Gasteiger partial charge in [-0.2, -0.15) is 0 Å². The van der Waals surface area contributed by atoms with Crippen molar-refractivity contribution in [2.45, 2.75) is 32.6 Å². The lowest BCUT2D eigenvalue weighted by molar-refractivity contribution is 0.0940. The fourth-order valence-corrected chi connectivity index (χ4v) is 4.46. The first kappa shape index (κ1) is 19.0. The first-order valence-electron chi connectivity index (χ1n) is 8.46. The Labute approximate surface area is 158 Å². The maximum Gasteiger partial charge on any atom is 0.284 e. The van der Waals surface area contributed by atoms with Crippen LogP contribution in [0.25, 0.3) is 10.9 Å². The Bertz CT molecular complexity index is 1130. The summed E-state index contributed by atoms with van der Waals surface area (Å²) in [4.78, 5) is 19.0. The second-order valence-electron chi connectivity index (χ2n) is 6.54. The minimum Gasteiger partial charge on any atom is -0.272 e. The van der Waals surface area contributed by atoms with Crippen molar-refractivity contribution in [2.24, 2.45) is 0 Å².